The Labute approximate surface area is 106 Å². The van der Waals surface area contributed by atoms with Gasteiger partial charge in [0.1, 0.15) is 0 Å². The molecule has 1 aromatic carbocycles. The van der Waals surface area contributed by atoms with Gasteiger partial charge in [-0.1, -0.05) is 45.7 Å². The van der Waals surface area contributed by atoms with E-state index < -0.39 is 0 Å². The van der Waals surface area contributed by atoms with Crippen LogP contribution in [0.5, 0.6) is 0 Å². The Kier molecular flexibility index (Phi) is 3.46. The zero-order valence-corrected chi connectivity index (χ0v) is 10.9. The predicted octanol–water partition coefficient (Wildman–Crippen LogP) is 4.21. The van der Waals surface area contributed by atoms with Gasteiger partial charge in [0.25, 0.3) is 0 Å². The molecule has 0 fully saturated rings. The third kappa shape index (κ3) is 2.42. The molecule has 0 amide bonds. The predicted molar refractivity (Wildman–Crippen MR) is 69.5 cm³/mol. The van der Waals surface area contributed by atoms with Gasteiger partial charge in [-0.2, -0.15) is 0 Å². The maximum Gasteiger partial charge on any atom is 0.0931 e. The van der Waals surface area contributed by atoms with Crippen molar-refractivity contribution in [3.05, 3.63) is 55.6 Å². The molecule has 0 saturated carbocycles. The molecule has 2 rings (SSSR count). The molecule has 15 heavy (non-hydrogen) atoms. The zero-order valence-electron chi connectivity index (χ0n) is 7.78. The smallest absolute Gasteiger partial charge is 0.0931 e. The molecular formula is C11H9BrClNS. The zero-order chi connectivity index (χ0) is 10.8. The van der Waals surface area contributed by atoms with Gasteiger partial charge in [-0.25, -0.2) is 0 Å². The molecule has 1 unspecified atom stereocenters. The first-order chi connectivity index (χ1) is 7.18. The third-order valence-corrected chi connectivity index (χ3v) is 4.18. The van der Waals surface area contributed by atoms with Crippen LogP contribution in [-0.4, -0.2) is 0 Å². The van der Waals surface area contributed by atoms with Crippen molar-refractivity contribution in [2.45, 2.75) is 6.04 Å². The summed E-state index contributed by atoms with van der Waals surface area (Å²) in [6, 6.07) is 11.7. The largest absolute Gasteiger partial charge is 0.320 e. The number of halogens is 2. The molecule has 0 aliphatic carbocycles. The highest BCUT2D eigenvalue weighted by Gasteiger charge is 2.13. The second-order valence-electron chi connectivity index (χ2n) is 3.14. The van der Waals surface area contributed by atoms with Gasteiger partial charge in [0.05, 0.1) is 10.4 Å². The Morgan fingerprint density at radius 1 is 1.20 bits per heavy atom. The summed E-state index contributed by atoms with van der Waals surface area (Å²) in [5.74, 6) is 0. The van der Waals surface area contributed by atoms with E-state index in [1.807, 2.05) is 36.4 Å². The van der Waals surface area contributed by atoms with E-state index in [9.17, 15) is 0 Å². The van der Waals surface area contributed by atoms with Crippen molar-refractivity contribution in [1.29, 1.82) is 0 Å². The van der Waals surface area contributed by atoms with Crippen molar-refractivity contribution in [1.82, 2.24) is 0 Å². The minimum absolute atomic E-state index is 0.113. The van der Waals surface area contributed by atoms with Crippen molar-refractivity contribution < 1.29 is 0 Å². The van der Waals surface area contributed by atoms with Crippen LogP contribution in [0.4, 0.5) is 0 Å². The molecule has 2 N–H and O–H groups in total. The van der Waals surface area contributed by atoms with Gasteiger partial charge in [0, 0.05) is 9.35 Å². The molecule has 0 radical (unpaired) electrons. The summed E-state index contributed by atoms with van der Waals surface area (Å²) < 4.78 is 1.80. The Balaban J connectivity index is 2.36. The molecule has 0 saturated heterocycles. The van der Waals surface area contributed by atoms with E-state index in [0.29, 0.717) is 0 Å². The van der Waals surface area contributed by atoms with Gasteiger partial charge < -0.3 is 5.73 Å². The van der Waals surface area contributed by atoms with Gasteiger partial charge in [0.2, 0.25) is 0 Å². The van der Waals surface area contributed by atoms with Crippen LogP contribution in [0.15, 0.2) is 40.9 Å². The van der Waals surface area contributed by atoms with Gasteiger partial charge in [-0.3, -0.25) is 0 Å². The second kappa shape index (κ2) is 4.66. The van der Waals surface area contributed by atoms with Crippen molar-refractivity contribution in [3.63, 3.8) is 0 Å². The first-order valence-corrected chi connectivity index (χ1v) is 6.42. The summed E-state index contributed by atoms with van der Waals surface area (Å²) in [7, 11) is 0. The number of benzene rings is 1. The quantitative estimate of drug-likeness (QED) is 0.883. The summed E-state index contributed by atoms with van der Waals surface area (Å²) in [4.78, 5) is 1.08. The van der Waals surface area contributed by atoms with Crippen LogP contribution in [0.2, 0.25) is 4.34 Å². The lowest BCUT2D eigenvalue weighted by atomic mass is 10.1. The SMILES string of the molecule is NC(c1ccc(Cl)s1)c1ccccc1Br. The van der Waals surface area contributed by atoms with Gasteiger partial charge in [-0.05, 0) is 23.8 Å². The van der Waals surface area contributed by atoms with Crippen LogP contribution in [0.1, 0.15) is 16.5 Å². The van der Waals surface area contributed by atoms with Crippen LogP contribution >= 0.6 is 38.9 Å². The summed E-state index contributed by atoms with van der Waals surface area (Å²) in [5.41, 5.74) is 7.23. The maximum absolute atomic E-state index is 6.15. The Bertz CT molecular complexity index is 469. The Morgan fingerprint density at radius 2 is 1.93 bits per heavy atom. The first-order valence-electron chi connectivity index (χ1n) is 4.43. The molecule has 0 aliphatic rings. The Hall–Kier alpha value is -0.350. The van der Waals surface area contributed by atoms with E-state index in [1.165, 1.54) is 11.3 Å². The summed E-state index contributed by atoms with van der Waals surface area (Å²) in [6.07, 6.45) is 0. The molecule has 1 nitrogen and oxygen atoms in total. The highest BCUT2D eigenvalue weighted by molar-refractivity contribution is 9.10. The normalized spacial score (nSPS) is 12.7. The maximum atomic E-state index is 6.15. The van der Waals surface area contributed by atoms with E-state index in [0.717, 1.165) is 19.2 Å². The Morgan fingerprint density at radius 3 is 2.53 bits per heavy atom. The number of thiophene rings is 1. The second-order valence-corrected chi connectivity index (χ2v) is 5.74. The number of hydrogen-bond donors (Lipinski definition) is 1. The lowest BCUT2D eigenvalue weighted by Crippen LogP contribution is -2.10. The molecule has 2 aromatic rings. The summed E-state index contributed by atoms with van der Waals surface area (Å²) in [6.45, 7) is 0. The minimum atomic E-state index is -0.113. The molecule has 1 atom stereocenters. The van der Waals surface area contributed by atoms with Crippen LogP contribution < -0.4 is 5.73 Å². The summed E-state index contributed by atoms with van der Waals surface area (Å²) in [5, 5.41) is 0. The van der Waals surface area contributed by atoms with Crippen molar-refractivity contribution in [3.8, 4) is 0 Å². The number of hydrogen-bond acceptors (Lipinski definition) is 2. The average Bonchev–Trinajstić information content (AvgIpc) is 2.65. The van der Waals surface area contributed by atoms with Crippen molar-refractivity contribution >= 4 is 38.9 Å². The third-order valence-electron chi connectivity index (χ3n) is 2.14. The highest BCUT2D eigenvalue weighted by atomic mass is 79.9. The van der Waals surface area contributed by atoms with Crippen LogP contribution in [0.25, 0.3) is 0 Å². The fraction of sp³-hybridized carbons (Fsp3) is 0.0909. The van der Waals surface area contributed by atoms with Crippen molar-refractivity contribution in [2.75, 3.05) is 0 Å². The van der Waals surface area contributed by atoms with E-state index in [-0.39, 0.29) is 6.04 Å². The first kappa shape index (κ1) is 11.1. The molecule has 1 aromatic heterocycles. The minimum Gasteiger partial charge on any atom is -0.320 e. The molecule has 78 valence electrons. The van der Waals surface area contributed by atoms with Gasteiger partial charge in [-0.15, -0.1) is 11.3 Å². The van der Waals surface area contributed by atoms with E-state index in [1.54, 1.807) is 0 Å². The molecule has 1 heterocycles. The van der Waals surface area contributed by atoms with Gasteiger partial charge in [0.15, 0.2) is 0 Å². The van der Waals surface area contributed by atoms with Crippen LogP contribution in [0.3, 0.4) is 0 Å². The van der Waals surface area contributed by atoms with Crippen LogP contribution in [0, 0.1) is 0 Å². The number of rotatable bonds is 2. The molecular weight excluding hydrogens is 294 g/mol. The molecule has 0 spiro atoms. The molecule has 0 aliphatic heterocycles. The highest BCUT2D eigenvalue weighted by Crippen LogP contribution is 2.32. The molecule has 0 bridgehead atoms. The lowest BCUT2D eigenvalue weighted by Gasteiger charge is -2.11. The average molecular weight is 303 g/mol. The summed E-state index contributed by atoms with van der Waals surface area (Å²) >= 11 is 10.9. The van der Waals surface area contributed by atoms with Crippen molar-refractivity contribution in [2.24, 2.45) is 5.73 Å². The standard InChI is InChI=1S/C11H9BrClNS/c12-8-4-2-1-3-7(8)11(14)9-5-6-10(13)15-9/h1-6,11H,14H2. The van der Waals surface area contributed by atoms with E-state index in [4.69, 9.17) is 17.3 Å². The van der Waals surface area contributed by atoms with Gasteiger partial charge >= 0.3 is 0 Å². The topological polar surface area (TPSA) is 26.0 Å². The van der Waals surface area contributed by atoms with E-state index in [2.05, 4.69) is 15.9 Å². The lowest BCUT2D eigenvalue weighted by molar-refractivity contribution is 0.887. The van der Waals surface area contributed by atoms with E-state index >= 15 is 0 Å². The van der Waals surface area contributed by atoms with Crippen LogP contribution in [-0.2, 0) is 0 Å². The molecule has 4 heteroatoms. The number of nitrogens with two attached hydrogens (primary N) is 1. The monoisotopic (exact) mass is 301 g/mol. The fourth-order valence-corrected chi connectivity index (χ4v) is 2.99. The fourth-order valence-electron chi connectivity index (χ4n) is 1.38.